The molecule has 3 aromatic carbocycles. The maximum atomic E-state index is 13.6. The van der Waals surface area contributed by atoms with Crippen LogP contribution in [0, 0.1) is 6.92 Å². The fourth-order valence-corrected chi connectivity index (χ4v) is 4.90. The minimum Gasteiger partial charge on any atom is -0.347 e. The average Bonchev–Trinajstić information content (AvgIpc) is 3.21. The van der Waals surface area contributed by atoms with Gasteiger partial charge in [-0.05, 0) is 58.7 Å². The number of nitrogens with one attached hydrogen (secondary N) is 1. The van der Waals surface area contributed by atoms with E-state index in [1.54, 1.807) is 27.7 Å². The average molecular weight is 580 g/mol. The van der Waals surface area contributed by atoms with Crippen LogP contribution in [0.15, 0.2) is 82.1 Å². The molecule has 9 heteroatoms. The Kier molecular flexibility index (Phi) is 7.04. The van der Waals surface area contributed by atoms with Crippen molar-refractivity contribution < 1.29 is 9.59 Å². The van der Waals surface area contributed by atoms with Crippen LogP contribution < -0.4 is 11.0 Å². The Morgan fingerprint density at radius 1 is 1.00 bits per heavy atom. The van der Waals surface area contributed by atoms with Gasteiger partial charge in [-0.25, -0.2) is 4.79 Å². The van der Waals surface area contributed by atoms with Gasteiger partial charge in [0.1, 0.15) is 5.69 Å². The molecule has 0 saturated carbocycles. The molecular weight excluding hydrogens is 556 g/mol. The number of nitrogens with zero attached hydrogens (tertiary/aromatic N) is 3. The standard InChI is InChI=1S/C28H24BrClN4O3/c1-18-7-10-21(11-8-18)34-25(26(35)31-16-19-5-3-2-4-6-19)24-17-32(13-14-33(24)28(34)37)27(36)20-9-12-22(29)23(30)15-20/h2-12,15H,13-14,16-17H2,1H3,(H,31,35). The Bertz CT molecular complexity index is 1540. The maximum absolute atomic E-state index is 13.6. The molecule has 0 aliphatic carbocycles. The highest BCUT2D eigenvalue weighted by atomic mass is 79.9. The summed E-state index contributed by atoms with van der Waals surface area (Å²) in [5.41, 5.74) is 3.45. The molecule has 0 atom stereocenters. The Balaban J connectivity index is 1.53. The van der Waals surface area contributed by atoms with Crippen molar-refractivity contribution in [1.82, 2.24) is 19.4 Å². The molecule has 0 radical (unpaired) electrons. The summed E-state index contributed by atoms with van der Waals surface area (Å²) < 4.78 is 3.74. The summed E-state index contributed by atoms with van der Waals surface area (Å²) in [5.74, 6) is -0.594. The SMILES string of the molecule is Cc1ccc(-n2c(C(=O)NCc3ccccc3)c3n(c2=O)CCN(C(=O)c2ccc(Br)c(Cl)c2)C3)cc1. The van der Waals surface area contributed by atoms with Crippen molar-refractivity contribution >= 4 is 39.3 Å². The first-order valence-corrected chi connectivity index (χ1v) is 13.0. The zero-order valence-electron chi connectivity index (χ0n) is 20.1. The molecule has 0 spiro atoms. The molecular formula is C28H24BrClN4O3. The van der Waals surface area contributed by atoms with E-state index in [1.807, 2.05) is 61.5 Å². The smallest absolute Gasteiger partial charge is 0.333 e. The maximum Gasteiger partial charge on any atom is 0.333 e. The quantitative estimate of drug-likeness (QED) is 0.364. The number of hydrogen-bond donors (Lipinski definition) is 1. The van der Waals surface area contributed by atoms with Crippen molar-refractivity contribution in [3.8, 4) is 5.69 Å². The summed E-state index contributed by atoms with van der Waals surface area (Å²) in [6.07, 6.45) is 0. The van der Waals surface area contributed by atoms with Crippen molar-refractivity contribution in [2.75, 3.05) is 6.54 Å². The molecule has 0 fully saturated rings. The van der Waals surface area contributed by atoms with Gasteiger partial charge in [0.05, 0.1) is 22.9 Å². The van der Waals surface area contributed by atoms with E-state index in [2.05, 4.69) is 21.2 Å². The highest BCUT2D eigenvalue weighted by Crippen LogP contribution is 2.26. The van der Waals surface area contributed by atoms with Gasteiger partial charge in [0.15, 0.2) is 0 Å². The van der Waals surface area contributed by atoms with Gasteiger partial charge >= 0.3 is 5.69 Å². The molecule has 1 aromatic heterocycles. The number of aromatic nitrogens is 2. The molecule has 37 heavy (non-hydrogen) atoms. The van der Waals surface area contributed by atoms with Crippen molar-refractivity contribution in [1.29, 1.82) is 0 Å². The van der Waals surface area contributed by atoms with Crippen LogP contribution >= 0.6 is 27.5 Å². The van der Waals surface area contributed by atoms with Gasteiger partial charge in [0.25, 0.3) is 11.8 Å². The van der Waals surface area contributed by atoms with Crippen LogP contribution in [0.25, 0.3) is 5.69 Å². The Morgan fingerprint density at radius 3 is 2.43 bits per heavy atom. The number of hydrogen-bond acceptors (Lipinski definition) is 3. The zero-order valence-corrected chi connectivity index (χ0v) is 22.4. The van der Waals surface area contributed by atoms with Gasteiger partial charge < -0.3 is 10.2 Å². The van der Waals surface area contributed by atoms with E-state index in [4.69, 9.17) is 11.6 Å². The number of aryl methyl sites for hydroxylation is 1. The molecule has 188 valence electrons. The third-order valence-corrected chi connectivity index (χ3v) is 7.67. The summed E-state index contributed by atoms with van der Waals surface area (Å²) >= 11 is 9.56. The molecule has 0 bridgehead atoms. The van der Waals surface area contributed by atoms with Crippen molar-refractivity contribution in [3.63, 3.8) is 0 Å². The molecule has 1 aliphatic heterocycles. The molecule has 2 amide bonds. The lowest BCUT2D eigenvalue weighted by molar-refractivity contribution is 0.0706. The second kappa shape index (κ2) is 10.4. The summed E-state index contributed by atoms with van der Waals surface area (Å²) in [5, 5.41) is 3.39. The fraction of sp³-hybridized carbons (Fsp3) is 0.179. The van der Waals surface area contributed by atoms with E-state index in [1.165, 1.54) is 4.57 Å². The predicted octanol–water partition coefficient (Wildman–Crippen LogP) is 4.95. The molecule has 5 rings (SSSR count). The number of rotatable bonds is 5. The normalized spacial score (nSPS) is 12.8. The lowest BCUT2D eigenvalue weighted by Crippen LogP contribution is -2.41. The third kappa shape index (κ3) is 4.99. The second-order valence-electron chi connectivity index (χ2n) is 8.92. The number of fused-ring (bicyclic) bond motifs is 1. The number of carbonyl (C=O) groups excluding carboxylic acids is 2. The van der Waals surface area contributed by atoms with Crippen LogP contribution in [-0.2, 0) is 19.6 Å². The summed E-state index contributed by atoms with van der Waals surface area (Å²) in [6, 6.07) is 22.1. The number of imidazole rings is 1. The first-order chi connectivity index (χ1) is 17.8. The van der Waals surface area contributed by atoms with Crippen LogP contribution in [0.1, 0.15) is 37.7 Å². The van der Waals surface area contributed by atoms with E-state index in [0.29, 0.717) is 39.5 Å². The van der Waals surface area contributed by atoms with Gasteiger partial charge in [0.2, 0.25) is 0 Å². The third-order valence-electron chi connectivity index (χ3n) is 6.44. The summed E-state index contributed by atoms with van der Waals surface area (Å²) in [4.78, 5) is 42.1. The molecule has 0 saturated heterocycles. The first-order valence-electron chi connectivity index (χ1n) is 11.8. The van der Waals surface area contributed by atoms with Crippen LogP contribution in [0.2, 0.25) is 5.02 Å². The second-order valence-corrected chi connectivity index (χ2v) is 10.2. The topological polar surface area (TPSA) is 76.3 Å². The van der Waals surface area contributed by atoms with Crippen LogP contribution in [0.4, 0.5) is 0 Å². The predicted molar refractivity (Wildman–Crippen MR) is 146 cm³/mol. The lowest BCUT2D eigenvalue weighted by atomic mass is 10.1. The Hall–Kier alpha value is -3.62. The number of amides is 2. The van der Waals surface area contributed by atoms with Gasteiger partial charge in [-0.3, -0.25) is 18.7 Å². The highest BCUT2D eigenvalue weighted by molar-refractivity contribution is 9.10. The minimum atomic E-state index is -0.378. The van der Waals surface area contributed by atoms with E-state index in [9.17, 15) is 14.4 Å². The number of halogens is 2. The van der Waals surface area contributed by atoms with E-state index >= 15 is 0 Å². The Morgan fingerprint density at radius 2 is 1.73 bits per heavy atom. The molecule has 7 nitrogen and oxygen atoms in total. The molecule has 2 heterocycles. The molecule has 0 unspecified atom stereocenters. The summed E-state index contributed by atoms with van der Waals surface area (Å²) in [7, 11) is 0. The van der Waals surface area contributed by atoms with Crippen LogP contribution in [0.3, 0.4) is 0 Å². The van der Waals surface area contributed by atoms with E-state index in [-0.39, 0.29) is 36.3 Å². The lowest BCUT2D eigenvalue weighted by Gasteiger charge is -2.28. The molecule has 1 aliphatic rings. The number of carbonyl (C=O) groups is 2. The van der Waals surface area contributed by atoms with Crippen LogP contribution in [0.5, 0.6) is 0 Å². The van der Waals surface area contributed by atoms with Crippen molar-refractivity contribution in [2.45, 2.75) is 26.6 Å². The fourth-order valence-electron chi connectivity index (χ4n) is 4.47. The zero-order chi connectivity index (χ0) is 26.1. The molecule has 4 aromatic rings. The van der Waals surface area contributed by atoms with Gasteiger partial charge in [-0.1, -0.05) is 59.6 Å². The van der Waals surface area contributed by atoms with E-state index < -0.39 is 0 Å². The highest BCUT2D eigenvalue weighted by Gasteiger charge is 2.32. The van der Waals surface area contributed by atoms with E-state index in [0.717, 1.165) is 11.1 Å². The first kappa shape index (κ1) is 25.0. The van der Waals surface area contributed by atoms with Gasteiger partial charge in [0, 0.05) is 29.7 Å². The van der Waals surface area contributed by atoms with Gasteiger partial charge in [-0.2, -0.15) is 0 Å². The number of benzene rings is 3. The minimum absolute atomic E-state index is 0.120. The Labute approximate surface area is 227 Å². The van der Waals surface area contributed by atoms with Crippen LogP contribution in [-0.4, -0.2) is 32.4 Å². The van der Waals surface area contributed by atoms with Gasteiger partial charge in [-0.15, -0.1) is 0 Å². The van der Waals surface area contributed by atoms with Crippen molar-refractivity contribution in [2.24, 2.45) is 0 Å². The van der Waals surface area contributed by atoms with Crippen molar-refractivity contribution in [3.05, 3.63) is 121 Å². The summed E-state index contributed by atoms with van der Waals surface area (Å²) in [6.45, 7) is 3.01. The monoisotopic (exact) mass is 578 g/mol. The molecule has 1 N–H and O–H groups in total. The largest absolute Gasteiger partial charge is 0.347 e.